The van der Waals surface area contributed by atoms with Crippen molar-refractivity contribution in [3.05, 3.63) is 0 Å². The lowest BCUT2D eigenvalue weighted by Crippen LogP contribution is -2.44. The normalized spacial score (nSPS) is 14.8. The van der Waals surface area contributed by atoms with Crippen LogP contribution in [0.15, 0.2) is 0 Å². The molecule has 1 amide bonds. The van der Waals surface area contributed by atoms with Crippen LogP contribution >= 0.6 is 0 Å². The molecule has 0 aromatic carbocycles. The van der Waals surface area contributed by atoms with E-state index in [1.165, 1.54) is 0 Å². The quantitative estimate of drug-likeness (QED) is 0.588. The Hall–Kier alpha value is -1.26. The summed E-state index contributed by atoms with van der Waals surface area (Å²) >= 11 is 0. The Bertz CT molecular complexity index is 180. The standard InChI is InChI=1S/C7H13NO4/c1-3-4(2)5(6(9)10)8-7(11)12/h4-5,8H,3H2,1-2H3,(H,9,10)(H,11,12)/t4-,5-/m0/s1. The highest BCUT2D eigenvalue weighted by Crippen LogP contribution is 2.07. The van der Waals surface area contributed by atoms with E-state index in [9.17, 15) is 9.59 Å². The van der Waals surface area contributed by atoms with E-state index >= 15 is 0 Å². The zero-order chi connectivity index (χ0) is 9.72. The van der Waals surface area contributed by atoms with Crippen molar-refractivity contribution in [2.75, 3.05) is 0 Å². The maximum Gasteiger partial charge on any atom is 0.405 e. The number of aliphatic carboxylic acids is 1. The topological polar surface area (TPSA) is 86.6 Å². The van der Waals surface area contributed by atoms with Crippen LogP contribution in [0.1, 0.15) is 20.3 Å². The van der Waals surface area contributed by atoms with Gasteiger partial charge in [0.05, 0.1) is 0 Å². The molecule has 0 saturated carbocycles. The van der Waals surface area contributed by atoms with Gasteiger partial charge in [0.25, 0.3) is 0 Å². The second kappa shape index (κ2) is 4.58. The first-order valence-electron chi connectivity index (χ1n) is 3.71. The van der Waals surface area contributed by atoms with Crippen LogP contribution in [0.5, 0.6) is 0 Å². The highest BCUT2D eigenvalue weighted by Gasteiger charge is 2.24. The zero-order valence-corrected chi connectivity index (χ0v) is 7.07. The third kappa shape index (κ3) is 3.23. The second-order valence-electron chi connectivity index (χ2n) is 2.65. The molecule has 0 bridgehead atoms. The van der Waals surface area contributed by atoms with Crippen molar-refractivity contribution >= 4 is 12.1 Å². The Morgan fingerprint density at radius 1 is 1.42 bits per heavy atom. The molecular formula is C7H13NO4. The SMILES string of the molecule is CC[C@H](C)[C@H](NC(=O)O)C(=O)O. The third-order valence-electron chi connectivity index (χ3n) is 1.76. The third-order valence-corrected chi connectivity index (χ3v) is 1.76. The van der Waals surface area contributed by atoms with Gasteiger partial charge in [-0.15, -0.1) is 0 Å². The lowest BCUT2D eigenvalue weighted by molar-refractivity contribution is -0.140. The van der Waals surface area contributed by atoms with Crippen molar-refractivity contribution in [1.82, 2.24) is 5.32 Å². The molecule has 0 aromatic rings. The fraction of sp³-hybridized carbons (Fsp3) is 0.714. The molecular weight excluding hydrogens is 162 g/mol. The molecule has 0 rings (SSSR count). The van der Waals surface area contributed by atoms with Crippen molar-refractivity contribution in [2.45, 2.75) is 26.3 Å². The number of carboxylic acids is 1. The van der Waals surface area contributed by atoms with Gasteiger partial charge in [-0.05, 0) is 5.92 Å². The summed E-state index contributed by atoms with van der Waals surface area (Å²) in [6.07, 6.45) is -0.681. The summed E-state index contributed by atoms with van der Waals surface area (Å²) in [5.74, 6) is -1.33. The van der Waals surface area contributed by atoms with Crippen molar-refractivity contribution in [3.63, 3.8) is 0 Å². The van der Waals surface area contributed by atoms with Crippen LogP contribution in [0.3, 0.4) is 0 Å². The van der Waals surface area contributed by atoms with Crippen LogP contribution in [0.25, 0.3) is 0 Å². The molecule has 3 N–H and O–H groups in total. The van der Waals surface area contributed by atoms with Gasteiger partial charge in [-0.3, -0.25) is 0 Å². The maximum atomic E-state index is 10.5. The molecule has 0 radical (unpaired) electrons. The minimum absolute atomic E-state index is 0.196. The molecule has 0 spiro atoms. The van der Waals surface area contributed by atoms with Crippen molar-refractivity contribution in [3.8, 4) is 0 Å². The lowest BCUT2D eigenvalue weighted by Gasteiger charge is -2.17. The summed E-state index contributed by atoms with van der Waals surface area (Å²) in [7, 11) is 0. The summed E-state index contributed by atoms with van der Waals surface area (Å²) < 4.78 is 0. The van der Waals surface area contributed by atoms with E-state index in [4.69, 9.17) is 10.2 Å². The molecule has 0 unspecified atom stereocenters. The van der Waals surface area contributed by atoms with E-state index in [0.29, 0.717) is 6.42 Å². The molecule has 0 heterocycles. The van der Waals surface area contributed by atoms with E-state index in [2.05, 4.69) is 0 Å². The average molecular weight is 175 g/mol. The number of nitrogens with one attached hydrogen (secondary N) is 1. The van der Waals surface area contributed by atoms with Crippen molar-refractivity contribution in [1.29, 1.82) is 0 Å². The van der Waals surface area contributed by atoms with Crippen molar-refractivity contribution in [2.24, 2.45) is 5.92 Å². The molecule has 0 saturated heterocycles. The fourth-order valence-electron chi connectivity index (χ4n) is 0.816. The first kappa shape index (κ1) is 10.7. The van der Waals surface area contributed by atoms with E-state index < -0.39 is 18.1 Å². The molecule has 0 aliphatic heterocycles. The van der Waals surface area contributed by atoms with Gasteiger partial charge < -0.3 is 15.5 Å². The van der Waals surface area contributed by atoms with Gasteiger partial charge in [0.2, 0.25) is 0 Å². The first-order chi connectivity index (χ1) is 5.49. The average Bonchev–Trinajstić information content (AvgIpc) is 1.98. The predicted molar refractivity (Wildman–Crippen MR) is 42.0 cm³/mol. The fourth-order valence-corrected chi connectivity index (χ4v) is 0.816. The van der Waals surface area contributed by atoms with E-state index in [1.807, 2.05) is 12.2 Å². The Balaban J connectivity index is 4.22. The highest BCUT2D eigenvalue weighted by atomic mass is 16.4. The minimum atomic E-state index is -1.30. The van der Waals surface area contributed by atoms with Crippen LogP contribution < -0.4 is 5.32 Å². The smallest absolute Gasteiger partial charge is 0.405 e. The Morgan fingerprint density at radius 2 is 1.92 bits per heavy atom. The zero-order valence-electron chi connectivity index (χ0n) is 7.07. The number of hydrogen-bond acceptors (Lipinski definition) is 2. The molecule has 5 nitrogen and oxygen atoms in total. The highest BCUT2D eigenvalue weighted by molar-refractivity contribution is 5.79. The summed E-state index contributed by atoms with van der Waals surface area (Å²) in [6.45, 7) is 3.50. The Labute approximate surface area is 70.4 Å². The van der Waals surface area contributed by atoms with E-state index in [1.54, 1.807) is 6.92 Å². The first-order valence-corrected chi connectivity index (χ1v) is 3.71. The minimum Gasteiger partial charge on any atom is -0.480 e. The maximum absolute atomic E-state index is 10.5. The van der Waals surface area contributed by atoms with Crippen LogP contribution in [0, 0.1) is 5.92 Å². The second-order valence-corrected chi connectivity index (χ2v) is 2.65. The molecule has 2 atom stereocenters. The molecule has 12 heavy (non-hydrogen) atoms. The molecule has 5 heteroatoms. The molecule has 0 aliphatic carbocycles. The molecule has 0 aromatic heterocycles. The van der Waals surface area contributed by atoms with Gasteiger partial charge in [0.15, 0.2) is 0 Å². The largest absolute Gasteiger partial charge is 0.480 e. The predicted octanol–water partition coefficient (Wildman–Crippen LogP) is 0.753. The van der Waals surface area contributed by atoms with E-state index in [0.717, 1.165) is 0 Å². The number of hydrogen-bond donors (Lipinski definition) is 3. The summed E-state index contributed by atoms with van der Waals surface area (Å²) in [4.78, 5) is 20.7. The van der Waals surface area contributed by atoms with Gasteiger partial charge in [-0.1, -0.05) is 20.3 Å². The van der Waals surface area contributed by atoms with Gasteiger partial charge >= 0.3 is 12.1 Å². The Morgan fingerprint density at radius 3 is 2.17 bits per heavy atom. The van der Waals surface area contributed by atoms with E-state index in [-0.39, 0.29) is 5.92 Å². The summed E-state index contributed by atoms with van der Waals surface area (Å²) in [5.41, 5.74) is 0. The van der Waals surface area contributed by atoms with Gasteiger partial charge in [0.1, 0.15) is 6.04 Å². The van der Waals surface area contributed by atoms with Crippen LogP contribution in [0.4, 0.5) is 4.79 Å². The van der Waals surface area contributed by atoms with Crippen LogP contribution in [0.2, 0.25) is 0 Å². The number of rotatable bonds is 4. The van der Waals surface area contributed by atoms with Crippen molar-refractivity contribution < 1.29 is 19.8 Å². The number of amides is 1. The van der Waals surface area contributed by atoms with Gasteiger partial charge in [-0.25, -0.2) is 9.59 Å². The molecule has 0 aliphatic rings. The number of carbonyl (C=O) groups is 2. The lowest BCUT2D eigenvalue weighted by atomic mass is 10.00. The molecule has 70 valence electrons. The number of carboxylic acid groups (broad SMARTS) is 2. The van der Waals surface area contributed by atoms with Gasteiger partial charge in [0, 0.05) is 0 Å². The summed E-state index contributed by atoms with van der Waals surface area (Å²) in [5, 5.41) is 18.8. The van der Waals surface area contributed by atoms with Crippen LogP contribution in [-0.2, 0) is 4.79 Å². The monoisotopic (exact) mass is 175 g/mol. The van der Waals surface area contributed by atoms with Gasteiger partial charge in [-0.2, -0.15) is 0 Å². The Kier molecular flexibility index (Phi) is 4.10. The summed E-state index contributed by atoms with van der Waals surface area (Å²) in [6, 6.07) is -1.01. The molecule has 0 fully saturated rings. The van der Waals surface area contributed by atoms with Crippen LogP contribution in [-0.4, -0.2) is 28.3 Å².